The molecule has 7 heteroatoms. The van der Waals surface area contributed by atoms with E-state index >= 15 is 0 Å². The molecule has 3 aromatic carbocycles. The zero-order chi connectivity index (χ0) is 23.5. The maximum absolute atomic E-state index is 6.02. The van der Waals surface area contributed by atoms with Crippen LogP contribution >= 0.6 is 11.6 Å². The van der Waals surface area contributed by atoms with E-state index < -0.39 is 0 Å². The van der Waals surface area contributed by atoms with Gasteiger partial charge in [0.15, 0.2) is 5.58 Å². The highest BCUT2D eigenvalue weighted by molar-refractivity contribution is 6.30. The minimum atomic E-state index is 0.330. The van der Waals surface area contributed by atoms with Crippen LogP contribution in [0.15, 0.2) is 71.1 Å². The second-order valence-corrected chi connectivity index (χ2v) is 9.22. The van der Waals surface area contributed by atoms with Gasteiger partial charge in [-0.15, -0.1) is 0 Å². The van der Waals surface area contributed by atoms with Gasteiger partial charge in [-0.1, -0.05) is 11.6 Å². The molecule has 0 bridgehead atoms. The summed E-state index contributed by atoms with van der Waals surface area (Å²) in [6.07, 6.45) is 2.09. The first-order valence-electron chi connectivity index (χ1n) is 11.7. The van der Waals surface area contributed by atoms with Gasteiger partial charge in [-0.3, -0.25) is 0 Å². The van der Waals surface area contributed by atoms with E-state index in [4.69, 9.17) is 31.5 Å². The van der Waals surface area contributed by atoms with Crippen LogP contribution in [0.3, 0.4) is 0 Å². The molecule has 6 nitrogen and oxygen atoms in total. The van der Waals surface area contributed by atoms with E-state index in [1.54, 1.807) is 0 Å². The van der Waals surface area contributed by atoms with Gasteiger partial charge in [0.25, 0.3) is 0 Å². The van der Waals surface area contributed by atoms with Crippen molar-refractivity contribution >= 4 is 34.1 Å². The number of benzene rings is 3. The van der Waals surface area contributed by atoms with Gasteiger partial charge < -0.3 is 24.7 Å². The second-order valence-electron chi connectivity index (χ2n) is 8.78. The Morgan fingerprint density at radius 2 is 1.85 bits per heavy atom. The van der Waals surface area contributed by atoms with Gasteiger partial charge in [-0.25, -0.2) is 4.98 Å². The number of nitrogens with zero attached hydrogens (tertiary/aromatic N) is 3. The molecule has 1 aromatic heterocycles. The van der Waals surface area contributed by atoms with Crippen LogP contribution in [0.1, 0.15) is 12.8 Å². The van der Waals surface area contributed by atoms with E-state index in [1.807, 2.05) is 73.8 Å². The number of ether oxygens (including phenoxy) is 1. The topological polar surface area (TPSA) is 67.8 Å². The summed E-state index contributed by atoms with van der Waals surface area (Å²) in [5.41, 5.74) is 10.5. The van der Waals surface area contributed by atoms with Crippen molar-refractivity contribution in [3.8, 4) is 17.2 Å². The molecule has 0 radical (unpaired) electrons. The van der Waals surface area contributed by atoms with Crippen molar-refractivity contribution in [2.45, 2.75) is 18.9 Å². The van der Waals surface area contributed by atoms with Gasteiger partial charge in [-0.2, -0.15) is 0 Å². The smallest absolute Gasteiger partial charge is 0.227 e. The largest absolute Gasteiger partial charge is 0.494 e. The van der Waals surface area contributed by atoms with E-state index in [9.17, 15) is 0 Å². The van der Waals surface area contributed by atoms with Crippen LogP contribution in [0.25, 0.3) is 22.6 Å². The summed E-state index contributed by atoms with van der Waals surface area (Å²) in [5, 5.41) is 0.720. The van der Waals surface area contributed by atoms with Crippen LogP contribution in [0, 0.1) is 0 Å². The number of hydrogen-bond donors (Lipinski definition) is 1. The van der Waals surface area contributed by atoms with Crippen LogP contribution in [0.2, 0.25) is 5.02 Å². The molecule has 1 fully saturated rings. The summed E-state index contributed by atoms with van der Waals surface area (Å²) < 4.78 is 11.9. The monoisotopic (exact) mass is 476 g/mol. The molecular weight excluding hydrogens is 448 g/mol. The molecule has 0 aliphatic carbocycles. The van der Waals surface area contributed by atoms with Gasteiger partial charge in [0.1, 0.15) is 11.3 Å². The molecule has 2 heterocycles. The average Bonchev–Trinajstić information content (AvgIpc) is 3.47. The summed E-state index contributed by atoms with van der Waals surface area (Å²) in [6.45, 7) is 3.82. The lowest BCUT2D eigenvalue weighted by Gasteiger charge is -2.19. The fraction of sp³-hybridized carbons (Fsp3) is 0.296. The molecule has 1 atom stereocenters. The van der Waals surface area contributed by atoms with Gasteiger partial charge in [0, 0.05) is 48.1 Å². The van der Waals surface area contributed by atoms with Crippen LogP contribution in [0.5, 0.6) is 5.75 Å². The minimum Gasteiger partial charge on any atom is -0.494 e. The van der Waals surface area contributed by atoms with Gasteiger partial charge in [-0.05, 0) is 86.1 Å². The molecule has 2 N–H and O–H groups in total. The van der Waals surface area contributed by atoms with Crippen molar-refractivity contribution in [2.24, 2.45) is 5.73 Å². The Kier molecular flexibility index (Phi) is 6.72. The van der Waals surface area contributed by atoms with E-state index in [1.165, 1.54) is 0 Å². The normalized spacial score (nSPS) is 16.3. The Balaban J connectivity index is 1.22. The number of hydrogen-bond acceptors (Lipinski definition) is 6. The van der Waals surface area contributed by atoms with Crippen LogP contribution in [0.4, 0.5) is 11.4 Å². The highest BCUT2D eigenvalue weighted by Crippen LogP contribution is 2.31. The number of halogens is 1. The van der Waals surface area contributed by atoms with Crippen molar-refractivity contribution in [1.29, 1.82) is 0 Å². The third-order valence-corrected chi connectivity index (χ3v) is 6.52. The molecule has 4 aromatic rings. The minimum absolute atomic E-state index is 0.330. The first-order valence-corrected chi connectivity index (χ1v) is 12.0. The van der Waals surface area contributed by atoms with Crippen LogP contribution in [-0.2, 0) is 0 Å². The van der Waals surface area contributed by atoms with Crippen molar-refractivity contribution in [2.75, 3.05) is 38.2 Å². The summed E-state index contributed by atoms with van der Waals surface area (Å²) in [4.78, 5) is 9.22. The number of nitrogens with two attached hydrogens (primary N) is 1. The number of rotatable bonds is 8. The third-order valence-electron chi connectivity index (χ3n) is 6.27. The Morgan fingerprint density at radius 1 is 1.09 bits per heavy atom. The molecule has 5 rings (SSSR count). The lowest BCUT2D eigenvalue weighted by atomic mass is 10.2. The lowest BCUT2D eigenvalue weighted by Crippen LogP contribution is -2.28. The molecule has 0 amide bonds. The molecule has 1 aliphatic rings. The molecule has 34 heavy (non-hydrogen) atoms. The summed E-state index contributed by atoms with van der Waals surface area (Å²) >= 11 is 6.02. The zero-order valence-electron chi connectivity index (χ0n) is 19.3. The third kappa shape index (κ3) is 5.20. The fourth-order valence-corrected chi connectivity index (χ4v) is 4.43. The second kappa shape index (κ2) is 10.1. The van der Waals surface area contributed by atoms with E-state index in [0.717, 1.165) is 71.3 Å². The Labute approximate surface area is 204 Å². The first-order chi connectivity index (χ1) is 16.5. The predicted molar refractivity (Wildman–Crippen MR) is 138 cm³/mol. The lowest BCUT2D eigenvalue weighted by molar-refractivity contribution is 0.262. The van der Waals surface area contributed by atoms with E-state index in [-0.39, 0.29) is 0 Å². The Morgan fingerprint density at radius 3 is 2.59 bits per heavy atom. The summed E-state index contributed by atoms with van der Waals surface area (Å²) in [5.74, 6) is 1.45. The van der Waals surface area contributed by atoms with Crippen molar-refractivity contribution in [3.05, 3.63) is 71.8 Å². The Hall–Kier alpha value is -3.06. The highest BCUT2D eigenvalue weighted by atomic mass is 35.5. The molecule has 0 unspecified atom stereocenters. The van der Waals surface area contributed by atoms with Crippen LogP contribution in [-0.4, -0.2) is 49.2 Å². The maximum Gasteiger partial charge on any atom is 0.227 e. The number of aromatic nitrogens is 1. The van der Waals surface area contributed by atoms with E-state index in [2.05, 4.69) is 9.80 Å². The molecule has 0 saturated carbocycles. The summed E-state index contributed by atoms with van der Waals surface area (Å²) in [7, 11) is 2.02. The van der Waals surface area contributed by atoms with Gasteiger partial charge >= 0.3 is 0 Å². The summed E-state index contributed by atoms with van der Waals surface area (Å²) in [6, 6.07) is 22.0. The SMILES string of the molecule is CN(c1ccc(Cl)cc1)c1ccc2oc(-c3ccc(OCCCN4CC[C@H](N)C4)cc3)nc2c1. The quantitative estimate of drug-likeness (QED) is 0.328. The van der Waals surface area contributed by atoms with Crippen molar-refractivity contribution < 1.29 is 9.15 Å². The van der Waals surface area contributed by atoms with Crippen LogP contribution < -0.4 is 15.4 Å². The van der Waals surface area contributed by atoms with Gasteiger partial charge in [0.05, 0.1) is 6.61 Å². The average molecular weight is 477 g/mol. The molecule has 1 aliphatic heterocycles. The number of anilines is 2. The van der Waals surface area contributed by atoms with Crippen molar-refractivity contribution in [3.63, 3.8) is 0 Å². The predicted octanol–water partition coefficient (Wildman–Crippen LogP) is 5.72. The molecular formula is C27H29ClN4O2. The van der Waals surface area contributed by atoms with Crippen molar-refractivity contribution in [1.82, 2.24) is 9.88 Å². The molecule has 176 valence electrons. The fourth-order valence-electron chi connectivity index (χ4n) is 4.30. The standard InChI is InChI=1S/C27H29ClN4O2/c1-31(22-7-5-20(28)6-8-22)23-9-12-26-25(17-23)30-27(34-26)19-3-10-24(11-4-19)33-16-2-14-32-15-13-21(29)18-32/h3-12,17,21H,2,13-16,18,29H2,1H3/t21-/m0/s1. The zero-order valence-corrected chi connectivity index (χ0v) is 20.0. The molecule has 1 saturated heterocycles. The molecule has 0 spiro atoms. The van der Waals surface area contributed by atoms with E-state index in [0.29, 0.717) is 18.5 Å². The maximum atomic E-state index is 6.02. The number of oxazole rings is 1. The highest BCUT2D eigenvalue weighted by Gasteiger charge is 2.18. The van der Waals surface area contributed by atoms with Gasteiger partial charge in [0.2, 0.25) is 5.89 Å². The number of likely N-dealkylation sites (tertiary alicyclic amines) is 1. The first kappa shape index (κ1) is 22.7. The Bertz CT molecular complexity index is 1240. The number of fused-ring (bicyclic) bond motifs is 1.